The summed E-state index contributed by atoms with van der Waals surface area (Å²) in [6.07, 6.45) is 6.33. The van der Waals surface area contributed by atoms with Gasteiger partial charge in [-0.1, -0.05) is 11.6 Å². The molecular weight excluding hydrogens is 412 g/mol. The van der Waals surface area contributed by atoms with Crippen molar-refractivity contribution in [1.29, 1.82) is 5.26 Å². The van der Waals surface area contributed by atoms with Crippen LogP contribution in [0, 0.1) is 11.3 Å². The molecule has 0 aliphatic carbocycles. The summed E-state index contributed by atoms with van der Waals surface area (Å²) in [5.74, 6) is 0.926. The highest BCUT2D eigenvalue weighted by Gasteiger charge is 2.51. The molecule has 31 heavy (non-hydrogen) atoms. The number of hydrogen-bond donors (Lipinski definition) is 1. The van der Waals surface area contributed by atoms with Crippen LogP contribution < -0.4 is 10.2 Å². The average molecular weight is 435 g/mol. The average Bonchev–Trinajstić information content (AvgIpc) is 3.23. The molecule has 0 atom stereocenters. The lowest BCUT2D eigenvalue weighted by atomic mass is 9.74. The third-order valence-electron chi connectivity index (χ3n) is 6.48. The van der Waals surface area contributed by atoms with Crippen molar-refractivity contribution >= 4 is 34.2 Å². The molecule has 0 saturated carbocycles. The number of amides is 1. The van der Waals surface area contributed by atoms with Gasteiger partial charge in [-0.15, -0.1) is 0 Å². The lowest BCUT2D eigenvalue weighted by Crippen LogP contribution is -2.47. The number of imidazole rings is 1. The van der Waals surface area contributed by atoms with Gasteiger partial charge in [0.2, 0.25) is 5.91 Å². The highest BCUT2D eigenvalue weighted by Crippen LogP contribution is 2.47. The molecule has 1 spiro atoms. The Labute approximate surface area is 185 Å². The minimum atomic E-state index is -0.482. The van der Waals surface area contributed by atoms with Crippen LogP contribution in [0.15, 0.2) is 36.7 Å². The van der Waals surface area contributed by atoms with E-state index in [4.69, 9.17) is 21.8 Å². The molecule has 158 valence electrons. The van der Waals surface area contributed by atoms with Crippen LogP contribution in [0.5, 0.6) is 0 Å². The summed E-state index contributed by atoms with van der Waals surface area (Å²) in [6.45, 7) is 2.68. The van der Waals surface area contributed by atoms with Gasteiger partial charge in [0.25, 0.3) is 0 Å². The Bertz CT molecular complexity index is 1190. The molecule has 0 radical (unpaired) electrons. The molecule has 8 heteroatoms. The first-order chi connectivity index (χ1) is 15.1. The van der Waals surface area contributed by atoms with E-state index >= 15 is 0 Å². The SMILES string of the molecule is N#CCCCn1c(CN2C(=O)C3(CCNCC3)c3ccncc32)nc2cc(Cl)ccc21. The molecule has 1 fully saturated rings. The molecule has 5 rings (SSSR count). The van der Waals surface area contributed by atoms with Crippen LogP contribution >= 0.6 is 11.6 Å². The van der Waals surface area contributed by atoms with Crippen LogP contribution in [-0.4, -0.2) is 33.5 Å². The molecule has 7 nitrogen and oxygen atoms in total. The fourth-order valence-corrected chi connectivity index (χ4v) is 5.13. The second-order valence-electron chi connectivity index (χ2n) is 8.19. The first kappa shape index (κ1) is 20.0. The number of aromatic nitrogens is 3. The van der Waals surface area contributed by atoms with Gasteiger partial charge in [0.05, 0.1) is 40.9 Å². The molecule has 0 unspecified atom stereocenters. The Morgan fingerprint density at radius 2 is 2.10 bits per heavy atom. The fourth-order valence-electron chi connectivity index (χ4n) is 4.96. The maximum atomic E-state index is 13.8. The summed E-state index contributed by atoms with van der Waals surface area (Å²) >= 11 is 6.19. The van der Waals surface area contributed by atoms with Gasteiger partial charge in [0, 0.05) is 24.2 Å². The number of nitriles is 1. The van der Waals surface area contributed by atoms with Crippen molar-refractivity contribution in [3.05, 3.63) is 53.1 Å². The van der Waals surface area contributed by atoms with Crippen molar-refractivity contribution < 1.29 is 4.79 Å². The quantitative estimate of drug-likeness (QED) is 0.620. The Morgan fingerprint density at radius 1 is 1.26 bits per heavy atom. The molecule has 2 aliphatic heterocycles. The van der Waals surface area contributed by atoms with Gasteiger partial charge in [-0.05, 0) is 62.2 Å². The van der Waals surface area contributed by atoms with Gasteiger partial charge in [-0.3, -0.25) is 9.78 Å². The first-order valence-electron chi connectivity index (χ1n) is 10.6. The lowest BCUT2D eigenvalue weighted by Gasteiger charge is -2.33. The second-order valence-corrected chi connectivity index (χ2v) is 8.63. The van der Waals surface area contributed by atoms with Gasteiger partial charge in [0.1, 0.15) is 5.82 Å². The zero-order valence-electron chi connectivity index (χ0n) is 17.1. The highest BCUT2D eigenvalue weighted by atomic mass is 35.5. The maximum Gasteiger partial charge on any atom is 0.238 e. The normalized spacial score (nSPS) is 17.3. The third kappa shape index (κ3) is 3.27. The topological polar surface area (TPSA) is 86.8 Å². The van der Waals surface area contributed by atoms with Crippen LogP contribution in [0.25, 0.3) is 11.0 Å². The van der Waals surface area contributed by atoms with Gasteiger partial charge in [-0.2, -0.15) is 5.26 Å². The van der Waals surface area contributed by atoms with E-state index in [9.17, 15) is 4.79 Å². The van der Waals surface area contributed by atoms with E-state index in [0.717, 1.165) is 60.5 Å². The van der Waals surface area contributed by atoms with Crippen molar-refractivity contribution in [2.45, 2.75) is 44.2 Å². The summed E-state index contributed by atoms with van der Waals surface area (Å²) in [5, 5.41) is 13.0. The fraction of sp³-hybridized carbons (Fsp3) is 0.391. The number of nitrogens with one attached hydrogen (secondary N) is 1. The molecule has 1 N–H and O–H groups in total. The van der Waals surface area contributed by atoms with E-state index in [2.05, 4.69) is 20.9 Å². The highest BCUT2D eigenvalue weighted by molar-refractivity contribution is 6.31. The van der Waals surface area contributed by atoms with Crippen LogP contribution in [0.4, 0.5) is 5.69 Å². The number of hydrogen-bond acceptors (Lipinski definition) is 5. The molecule has 0 bridgehead atoms. The number of piperidine rings is 1. The number of carbonyl (C=O) groups is 1. The van der Waals surface area contributed by atoms with Gasteiger partial charge in [-0.25, -0.2) is 4.98 Å². The largest absolute Gasteiger partial charge is 0.326 e. The number of anilines is 1. The molecule has 1 saturated heterocycles. The van der Waals surface area contributed by atoms with Gasteiger partial charge >= 0.3 is 0 Å². The summed E-state index contributed by atoms with van der Waals surface area (Å²) < 4.78 is 2.11. The van der Waals surface area contributed by atoms with Crippen LogP contribution in [0.2, 0.25) is 5.02 Å². The smallest absolute Gasteiger partial charge is 0.238 e. The Kier molecular flexibility index (Phi) is 5.12. The molecule has 1 aromatic carbocycles. The number of benzene rings is 1. The van der Waals surface area contributed by atoms with Crippen molar-refractivity contribution in [2.75, 3.05) is 18.0 Å². The summed E-state index contributed by atoms with van der Waals surface area (Å²) in [7, 11) is 0. The van der Waals surface area contributed by atoms with E-state index < -0.39 is 5.41 Å². The van der Waals surface area contributed by atoms with E-state index in [1.807, 2.05) is 29.2 Å². The predicted molar refractivity (Wildman–Crippen MR) is 119 cm³/mol. The first-order valence-corrected chi connectivity index (χ1v) is 11.0. The number of rotatable bonds is 5. The predicted octanol–water partition coefficient (Wildman–Crippen LogP) is 3.56. The number of aryl methyl sites for hydroxylation is 1. The maximum absolute atomic E-state index is 13.8. The minimum Gasteiger partial charge on any atom is -0.326 e. The number of fused-ring (bicyclic) bond motifs is 3. The third-order valence-corrected chi connectivity index (χ3v) is 6.71. The number of pyridine rings is 1. The zero-order valence-corrected chi connectivity index (χ0v) is 17.9. The summed E-state index contributed by atoms with van der Waals surface area (Å²) in [6, 6.07) is 9.85. The number of unbranched alkanes of at least 4 members (excludes halogenated alkanes) is 1. The summed E-state index contributed by atoms with van der Waals surface area (Å²) in [5.41, 5.74) is 3.23. The van der Waals surface area contributed by atoms with Crippen molar-refractivity contribution in [2.24, 2.45) is 0 Å². The molecule has 2 aromatic heterocycles. The van der Waals surface area contributed by atoms with Crippen molar-refractivity contribution in [1.82, 2.24) is 19.9 Å². The van der Waals surface area contributed by atoms with Gasteiger partial charge < -0.3 is 14.8 Å². The standard InChI is InChI=1S/C23H23ClN6O/c24-16-3-4-19-18(13-16)28-21(29(19)12-2-1-8-25)15-30-20-14-27-9-5-17(20)23(22(30)31)6-10-26-11-7-23/h3-5,9,13-14,26H,1-2,6-7,10-12,15H2. The van der Waals surface area contributed by atoms with Crippen LogP contribution in [-0.2, 0) is 23.3 Å². The monoisotopic (exact) mass is 434 g/mol. The number of halogens is 1. The molecule has 2 aliphatic rings. The van der Waals surface area contributed by atoms with E-state index in [1.165, 1.54) is 0 Å². The second kappa shape index (κ2) is 7.95. The van der Waals surface area contributed by atoms with E-state index in [0.29, 0.717) is 24.5 Å². The van der Waals surface area contributed by atoms with E-state index in [-0.39, 0.29) is 5.91 Å². The number of nitrogens with zero attached hydrogens (tertiary/aromatic N) is 5. The number of carbonyl (C=O) groups excluding carboxylic acids is 1. The molecular formula is C23H23ClN6O. The van der Waals surface area contributed by atoms with Crippen molar-refractivity contribution in [3.63, 3.8) is 0 Å². The van der Waals surface area contributed by atoms with E-state index in [1.54, 1.807) is 12.4 Å². The summed E-state index contributed by atoms with van der Waals surface area (Å²) in [4.78, 5) is 24.7. The lowest BCUT2D eigenvalue weighted by molar-refractivity contribution is -0.124. The molecule has 4 heterocycles. The Morgan fingerprint density at radius 3 is 2.90 bits per heavy atom. The molecule has 3 aromatic rings. The zero-order chi connectivity index (χ0) is 21.4. The van der Waals surface area contributed by atoms with Gasteiger partial charge in [0.15, 0.2) is 0 Å². The van der Waals surface area contributed by atoms with Crippen LogP contribution in [0.3, 0.4) is 0 Å². The minimum absolute atomic E-state index is 0.130. The van der Waals surface area contributed by atoms with Crippen LogP contribution in [0.1, 0.15) is 37.1 Å². The molecule has 1 amide bonds. The van der Waals surface area contributed by atoms with Crippen molar-refractivity contribution in [3.8, 4) is 6.07 Å². The Balaban J connectivity index is 1.56. The Hall–Kier alpha value is -2.95.